The van der Waals surface area contributed by atoms with Crippen LogP contribution in [0, 0.1) is 5.41 Å². The molecule has 4 nitrogen and oxygen atoms in total. The summed E-state index contributed by atoms with van der Waals surface area (Å²) in [4.78, 5) is 9.40. The summed E-state index contributed by atoms with van der Waals surface area (Å²) < 4.78 is 0. The van der Waals surface area contributed by atoms with E-state index in [-0.39, 0.29) is 5.84 Å². The van der Waals surface area contributed by atoms with Crippen LogP contribution >= 0.6 is 11.3 Å². The largest absolute Gasteiger partial charge is 0.383 e. The molecule has 0 spiro atoms. The second kappa shape index (κ2) is 5.05. The zero-order valence-electron chi connectivity index (χ0n) is 9.60. The summed E-state index contributed by atoms with van der Waals surface area (Å²) in [7, 11) is 0. The number of rotatable bonds is 4. The molecule has 0 saturated carbocycles. The number of aryl methyl sites for hydroxylation is 1. The summed E-state index contributed by atoms with van der Waals surface area (Å²) in [6.45, 7) is 2.09. The highest BCUT2D eigenvalue weighted by atomic mass is 32.1. The van der Waals surface area contributed by atoms with E-state index in [0.717, 1.165) is 34.0 Å². The van der Waals surface area contributed by atoms with Crippen LogP contribution in [0.1, 0.15) is 23.9 Å². The smallest absolute Gasteiger partial charge is 0.135 e. The van der Waals surface area contributed by atoms with E-state index < -0.39 is 0 Å². The molecule has 0 fully saturated rings. The Labute approximate surface area is 104 Å². The number of nitrogens with zero attached hydrogens (tertiary/aromatic N) is 2. The monoisotopic (exact) mass is 246 g/mol. The zero-order valence-corrected chi connectivity index (χ0v) is 10.4. The van der Waals surface area contributed by atoms with Gasteiger partial charge in [0.25, 0.3) is 0 Å². The fourth-order valence-electron chi connectivity index (χ4n) is 1.58. The molecule has 0 radical (unpaired) electrons. The minimum absolute atomic E-state index is 0.0982. The first-order valence-electron chi connectivity index (χ1n) is 5.47. The van der Waals surface area contributed by atoms with Gasteiger partial charge in [0.1, 0.15) is 10.8 Å². The van der Waals surface area contributed by atoms with Gasteiger partial charge < -0.3 is 5.73 Å². The Morgan fingerprint density at radius 2 is 2.35 bits per heavy atom. The fraction of sp³-hybridized carbons (Fsp3) is 0.250. The molecule has 0 amide bonds. The molecule has 2 aromatic heterocycles. The van der Waals surface area contributed by atoms with Crippen LogP contribution in [0.5, 0.6) is 0 Å². The number of nitrogen functional groups attached to an aromatic ring is 1. The first kappa shape index (κ1) is 11.7. The van der Waals surface area contributed by atoms with Crippen molar-refractivity contribution in [3.05, 3.63) is 35.1 Å². The highest BCUT2D eigenvalue weighted by molar-refractivity contribution is 7.17. The molecule has 0 aromatic carbocycles. The van der Waals surface area contributed by atoms with Gasteiger partial charge in [0.15, 0.2) is 0 Å². The molecule has 2 heterocycles. The summed E-state index contributed by atoms with van der Waals surface area (Å²) in [5, 5.41) is 8.44. The van der Waals surface area contributed by atoms with Crippen molar-refractivity contribution in [1.29, 1.82) is 5.41 Å². The molecule has 0 atom stereocenters. The molecule has 5 heteroatoms. The van der Waals surface area contributed by atoms with E-state index in [0.29, 0.717) is 0 Å². The van der Waals surface area contributed by atoms with Crippen molar-refractivity contribution in [3.8, 4) is 10.6 Å². The summed E-state index contributed by atoms with van der Waals surface area (Å²) in [5.41, 5.74) is 7.47. The highest BCUT2D eigenvalue weighted by Gasteiger charge is 2.13. The number of amidine groups is 1. The lowest BCUT2D eigenvalue weighted by Gasteiger charge is -1.96. The standard InChI is InChI=1S/C12H14N4S/c1-2-4-9-10(11(13)14)17-12(16-9)8-5-3-6-15-7-8/h3,5-7H,2,4H2,1H3,(H3,13,14). The molecular formula is C12H14N4S. The summed E-state index contributed by atoms with van der Waals surface area (Å²) in [6.07, 6.45) is 5.36. The molecule has 0 saturated heterocycles. The minimum atomic E-state index is 0.0982. The maximum atomic E-state index is 7.56. The fourth-order valence-corrected chi connectivity index (χ4v) is 2.54. The normalized spacial score (nSPS) is 10.4. The van der Waals surface area contributed by atoms with Gasteiger partial charge in [-0.25, -0.2) is 4.98 Å². The molecule has 0 aliphatic rings. The Hall–Kier alpha value is -1.75. The molecule has 88 valence electrons. The number of hydrogen-bond donors (Lipinski definition) is 2. The number of pyridine rings is 1. The Morgan fingerprint density at radius 3 is 2.94 bits per heavy atom. The summed E-state index contributed by atoms with van der Waals surface area (Å²) in [5.74, 6) is 0.0982. The van der Waals surface area contributed by atoms with Gasteiger partial charge in [-0.2, -0.15) is 0 Å². The third kappa shape index (κ3) is 2.50. The second-order valence-corrected chi connectivity index (χ2v) is 4.70. The van der Waals surface area contributed by atoms with Gasteiger partial charge in [-0.1, -0.05) is 13.3 Å². The van der Waals surface area contributed by atoms with Crippen molar-refractivity contribution in [1.82, 2.24) is 9.97 Å². The lowest BCUT2D eigenvalue weighted by atomic mass is 10.2. The van der Waals surface area contributed by atoms with E-state index in [1.807, 2.05) is 12.1 Å². The van der Waals surface area contributed by atoms with E-state index in [4.69, 9.17) is 11.1 Å². The van der Waals surface area contributed by atoms with Crippen molar-refractivity contribution < 1.29 is 0 Å². The van der Waals surface area contributed by atoms with Gasteiger partial charge in [0.05, 0.1) is 10.6 Å². The Bertz CT molecular complexity index is 519. The predicted molar refractivity (Wildman–Crippen MR) is 70.4 cm³/mol. The maximum absolute atomic E-state index is 7.56. The van der Waals surface area contributed by atoms with E-state index in [1.165, 1.54) is 11.3 Å². The van der Waals surface area contributed by atoms with Crippen LogP contribution in [-0.2, 0) is 6.42 Å². The number of hydrogen-bond acceptors (Lipinski definition) is 4. The minimum Gasteiger partial charge on any atom is -0.383 e. The Balaban J connectivity index is 2.44. The number of thiazole rings is 1. The molecule has 17 heavy (non-hydrogen) atoms. The number of nitrogens with two attached hydrogens (primary N) is 1. The first-order chi connectivity index (χ1) is 8.22. The van der Waals surface area contributed by atoms with Crippen LogP contribution in [-0.4, -0.2) is 15.8 Å². The van der Waals surface area contributed by atoms with Crippen LogP contribution in [0.25, 0.3) is 10.6 Å². The van der Waals surface area contributed by atoms with Crippen LogP contribution in [0.2, 0.25) is 0 Å². The molecule has 0 unspecified atom stereocenters. The molecule has 0 bridgehead atoms. The van der Waals surface area contributed by atoms with Gasteiger partial charge >= 0.3 is 0 Å². The van der Waals surface area contributed by atoms with Gasteiger partial charge in [-0.05, 0) is 18.6 Å². The van der Waals surface area contributed by atoms with E-state index >= 15 is 0 Å². The molecule has 2 aromatic rings. The van der Waals surface area contributed by atoms with Crippen LogP contribution < -0.4 is 5.73 Å². The van der Waals surface area contributed by atoms with Crippen LogP contribution in [0.3, 0.4) is 0 Å². The SMILES string of the molecule is CCCc1nc(-c2cccnc2)sc1C(=N)N. The average Bonchev–Trinajstić information content (AvgIpc) is 2.75. The van der Waals surface area contributed by atoms with Crippen LogP contribution in [0.4, 0.5) is 0 Å². The van der Waals surface area contributed by atoms with Crippen molar-refractivity contribution in [3.63, 3.8) is 0 Å². The third-order valence-corrected chi connectivity index (χ3v) is 3.52. The van der Waals surface area contributed by atoms with E-state index in [1.54, 1.807) is 12.4 Å². The summed E-state index contributed by atoms with van der Waals surface area (Å²) >= 11 is 1.46. The zero-order chi connectivity index (χ0) is 12.3. The summed E-state index contributed by atoms with van der Waals surface area (Å²) in [6, 6.07) is 3.84. The second-order valence-electron chi connectivity index (χ2n) is 3.70. The average molecular weight is 246 g/mol. The number of aromatic nitrogens is 2. The van der Waals surface area contributed by atoms with Gasteiger partial charge in [0, 0.05) is 18.0 Å². The Kier molecular flexibility index (Phi) is 3.49. The highest BCUT2D eigenvalue weighted by Crippen LogP contribution is 2.27. The van der Waals surface area contributed by atoms with Gasteiger partial charge in [-0.15, -0.1) is 11.3 Å². The molecule has 2 rings (SSSR count). The van der Waals surface area contributed by atoms with Crippen molar-refractivity contribution >= 4 is 17.2 Å². The molecule has 0 aliphatic heterocycles. The molecular weight excluding hydrogens is 232 g/mol. The Morgan fingerprint density at radius 1 is 1.53 bits per heavy atom. The maximum Gasteiger partial charge on any atom is 0.135 e. The van der Waals surface area contributed by atoms with E-state index in [2.05, 4.69) is 16.9 Å². The van der Waals surface area contributed by atoms with Crippen molar-refractivity contribution in [2.75, 3.05) is 0 Å². The molecule has 0 aliphatic carbocycles. The van der Waals surface area contributed by atoms with Crippen molar-refractivity contribution in [2.45, 2.75) is 19.8 Å². The number of nitrogens with one attached hydrogen (secondary N) is 1. The van der Waals surface area contributed by atoms with Gasteiger partial charge in [0.2, 0.25) is 0 Å². The molecule has 3 N–H and O–H groups in total. The lowest BCUT2D eigenvalue weighted by Crippen LogP contribution is -2.11. The lowest BCUT2D eigenvalue weighted by molar-refractivity contribution is 0.891. The topological polar surface area (TPSA) is 75.7 Å². The third-order valence-electron chi connectivity index (χ3n) is 2.34. The van der Waals surface area contributed by atoms with Crippen molar-refractivity contribution in [2.24, 2.45) is 5.73 Å². The van der Waals surface area contributed by atoms with Gasteiger partial charge in [-0.3, -0.25) is 10.4 Å². The quantitative estimate of drug-likeness (QED) is 0.642. The van der Waals surface area contributed by atoms with Crippen LogP contribution in [0.15, 0.2) is 24.5 Å². The van der Waals surface area contributed by atoms with E-state index in [9.17, 15) is 0 Å². The first-order valence-corrected chi connectivity index (χ1v) is 6.28. The predicted octanol–water partition coefficient (Wildman–Crippen LogP) is 2.44.